The quantitative estimate of drug-likeness (QED) is 0.655. The van der Waals surface area contributed by atoms with Crippen LogP contribution in [0, 0.1) is 0 Å². The van der Waals surface area contributed by atoms with E-state index in [1.54, 1.807) is 12.1 Å². The number of benzene rings is 2. The summed E-state index contributed by atoms with van der Waals surface area (Å²) in [5.41, 5.74) is 0. The lowest BCUT2D eigenvalue weighted by molar-refractivity contribution is 0.583. The van der Waals surface area contributed by atoms with E-state index in [1.807, 2.05) is 24.3 Å². The molecule has 5 nitrogen and oxygen atoms in total. The van der Waals surface area contributed by atoms with Crippen molar-refractivity contribution in [3.8, 4) is 0 Å². The molecule has 0 spiro atoms. The molecular weight excluding hydrogens is 354 g/mol. The summed E-state index contributed by atoms with van der Waals surface area (Å²) in [5, 5.41) is 4.69. The fourth-order valence-corrected chi connectivity index (χ4v) is 3.99. The molecular formula is C15H14ClN3O2S2. The normalized spacial score (nSPS) is 11.7. The summed E-state index contributed by atoms with van der Waals surface area (Å²) in [6.07, 6.45) is 0. The molecule has 3 rings (SSSR count). The highest BCUT2D eigenvalue weighted by Crippen LogP contribution is 2.25. The van der Waals surface area contributed by atoms with Crippen molar-refractivity contribution >= 4 is 49.1 Å². The smallest absolute Gasteiger partial charge is 0.240 e. The molecule has 0 saturated carbocycles. The zero-order valence-corrected chi connectivity index (χ0v) is 14.4. The van der Waals surface area contributed by atoms with Gasteiger partial charge in [0.15, 0.2) is 0 Å². The highest BCUT2D eigenvalue weighted by atomic mass is 35.5. The maximum atomic E-state index is 12.1. The molecule has 3 aromatic rings. The zero-order chi connectivity index (χ0) is 16.3. The maximum Gasteiger partial charge on any atom is 0.240 e. The molecule has 2 aromatic carbocycles. The Labute approximate surface area is 143 Å². The van der Waals surface area contributed by atoms with Gasteiger partial charge in [0, 0.05) is 23.5 Å². The minimum absolute atomic E-state index is 0.195. The lowest BCUT2D eigenvalue weighted by Gasteiger charge is -2.08. The van der Waals surface area contributed by atoms with Gasteiger partial charge in [-0.1, -0.05) is 23.7 Å². The molecule has 0 atom stereocenters. The van der Waals surface area contributed by atoms with Crippen molar-refractivity contribution < 1.29 is 8.42 Å². The van der Waals surface area contributed by atoms with E-state index < -0.39 is 10.0 Å². The van der Waals surface area contributed by atoms with E-state index in [0.29, 0.717) is 11.6 Å². The third-order valence-electron chi connectivity index (χ3n) is 3.21. The molecule has 0 aliphatic rings. The van der Waals surface area contributed by atoms with Crippen LogP contribution in [0.4, 0.5) is 5.82 Å². The van der Waals surface area contributed by atoms with Crippen LogP contribution < -0.4 is 10.0 Å². The molecule has 0 bridgehead atoms. The van der Waals surface area contributed by atoms with Crippen LogP contribution in [0.2, 0.25) is 5.02 Å². The molecule has 8 heteroatoms. The molecule has 0 fully saturated rings. The maximum absolute atomic E-state index is 12.1. The number of sulfonamides is 1. The Morgan fingerprint density at radius 2 is 1.78 bits per heavy atom. The monoisotopic (exact) mass is 367 g/mol. The molecule has 0 radical (unpaired) electrons. The van der Waals surface area contributed by atoms with Crippen LogP contribution in [0.3, 0.4) is 0 Å². The number of rotatable bonds is 6. The summed E-state index contributed by atoms with van der Waals surface area (Å²) in [5.74, 6) is 0.774. The summed E-state index contributed by atoms with van der Waals surface area (Å²) in [6, 6.07) is 14.0. The van der Waals surface area contributed by atoms with Gasteiger partial charge in [0.2, 0.25) is 10.0 Å². The topological polar surface area (TPSA) is 71.1 Å². The van der Waals surface area contributed by atoms with Gasteiger partial charge in [-0.3, -0.25) is 0 Å². The van der Waals surface area contributed by atoms with E-state index in [9.17, 15) is 8.42 Å². The Morgan fingerprint density at radius 3 is 2.57 bits per heavy atom. The van der Waals surface area contributed by atoms with E-state index >= 15 is 0 Å². The average molecular weight is 368 g/mol. The fourth-order valence-electron chi connectivity index (χ4n) is 2.08. The number of nitrogens with one attached hydrogen (secondary N) is 2. The van der Waals surface area contributed by atoms with E-state index in [-0.39, 0.29) is 11.4 Å². The van der Waals surface area contributed by atoms with Crippen molar-refractivity contribution in [3.05, 3.63) is 53.6 Å². The molecule has 0 unspecified atom stereocenters. The summed E-state index contributed by atoms with van der Waals surface area (Å²) in [4.78, 5) is 0.195. The van der Waals surface area contributed by atoms with Crippen LogP contribution in [-0.2, 0) is 10.0 Å². The van der Waals surface area contributed by atoms with Gasteiger partial charge in [0.05, 0.1) is 9.60 Å². The molecule has 0 aliphatic heterocycles. The van der Waals surface area contributed by atoms with Crippen LogP contribution in [0.25, 0.3) is 10.1 Å². The number of aromatic nitrogens is 1. The van der Waals surface area contributed by atoms with Crippen LogP contribution in [-0.4, -0.2) is 25.9 Å². The SMILES string of the molecule is O=S(=O)(NCCNc1nsc2ccccc12)c1ccc(Cl)cc1. The second-order valence-corrected chi connectivity index (χ2v) is 7.81. The third-order valence-corrected chi connectivity index (χ3v) is 5.77. The van der Waals surface area contributed by atoms with Crippen LogP contribution in [0.5, 0.6) is 0 Å². The Morgan fingerprint density at radius 1 is 1.04 bits per heavy atom. The predicted octanol–water partition coefficient (Wildman–Crippen LogP) is 3.34. The van der Waals surface area contributed by atoms with Gasteiger partial charge in [-0.25, -0.2) is 13.1 Å². The summed E-state index contributed by atoms with van der Waals surface area (Å²) in [6.45, 7) is 0.706. The largest absolute Gasteiger partial charge is 0.367 e. The number of anilines is 1. The molecule has 23 heavy (non-hydrogen) atoms. The Bertz CT molecular complexity index is 908. The Hall–Kier alpha value is -1.67. The van der Waals surface area contributed by atoms with Gasteiger partial charge in [-0.2, -0.15) is 4.37 Å². The first-order chi connectivity index (χ1) is 11.1. The second-order valence-electron chi connectivity index (χ2n) is 4.81. The Kier molecular flexibility index (Phi) is 4.82. The van der Waals surface area contributed by atoms with Gasteiger partial charge in [-0.05, 0) is 47.9 Å². The minimum atomic E-state index is -3.53. The summed E-state index contributed by atoms with van der Waals surface area (Å²) < 4.78 is 32.2. The van der Waals surface area contributed by atoms with Gasteiger partial charge in [0.25, 0.3) is 0 Å². The van der Waals surface area contributed by atoms with Crippen molar-refractivity contribution in [2.45, 2.75) is 4.90 Å². The number of hydrogen-bond acceptors (Lipinski definition) is 5. The second kappa shape index (κ2) is 6.84. The third kappa shape index (κ3) is 3.81. The lowest BCUT2D eigenvalue weighted by atomic mass is 10.2. The molecule has 2 N–H and O–H groups in total. The highest BCUT2D eigenvalue weighted by molar-refractivity contribution is 7.89. The van der Waals surface area contributed by atoms with E-state index in [4.69, 9.17) is 11.6 Å². The minimum Gasteiger partial charge on any atom is -0.367 e. The molecule has 0 saturated heterocycles. The van der Waals surface area contributed by atoms with Crippen molar-refractivity contribution in [1.29, 1.82) is 0 Å². The van der Waals surface area contributed by atoms with Gasteiger partial charge in [0.1, 0.15) is 5.82 Å². The number of hydrogen-bond donors (Lipinski definition) is 2. The van der Waals surface area contributed by atoms with E-state index in [1.165, 1.54) is 23.7 Å². The van der Waals surface area contributed by atoms with Crippen LogP contribution in [0.15, 0.2) is 53.4 Å². The average Bonchev–Trinajstić information content (AvgIpc) is 2.95. The Balaban J connectivity index is 1.58. The zero-order valence-electron chi connectivity index (χ0n) is 12.0. The predicted molar refractivity (Wildman–Crippen MR) is 94.8 cm³/mol. The van der Waals surface area contributed by atoms with Crippen molar-refractivity contribution in [3.63, 3.8) is 0 Å². The fraction of sp³-hybridized carbons (Fsp3) is 0.133. The van der Waals surface area contributed by atoms with Crippen molar-refractivity contribution in [2.24, 2.45) is 0 Å². The van der Waals surface area contributed by atoms with E-state index in [2.05, 4.69) is 14.4 Å². The van der Waals surface area contributed by atoms with Crippen molar-refractivity contribution in [1.82, 2.24) is 9.10 Å². The summed E-state index contributed by atoms with van der Waals surface area (Å²) >= 11 is 7.17. The standard InChI is InChI=1S/C15H14ClN3O2S2/c16-11-5-7-12(8-6-11)23(20,21)18-10-9-17-15-13-3-1-2-4-14(13)22-19-15/h1-8,18H,9-10H2,(H,17,19). The first-order valence-corrected chi connectivity index (χ1v) is 9.53. The van der Waals surface area contributed by atoms with Gasteiger partial charge >= 0.3 is 0 Å². The summed E-state index contributed by atoms with van der Waals surface area (Å²) in [7, 11) is -3.53. The molecule has 1 aromatic heterocycles. The lowest BCUT2D eigenvalue weighted by Crippen LogP contribution is -2.28. The van der Waals surface area contributed by atoms with Crippen molar-refractivity contribution in [2.75, 3.05) is 18.4 Å². The molecule has 1 heterocycles. The van der Waals surface area contributed by atoms with Gasteiger partial charge < -0.3 is 5.32 Å². The molecule has 0 aliphatic carbocycles. The highest BCUT2D eigenvalue weighted by Gasteiger charge is 2.13. The van der Waals surface area contributed by atoms with Gasteiger partial charge in [-0.15, -0.1) is 0 Å². The molecule has 0 amide bonds. The number of nitrogens with zero attached hydrogens (tertiary/aromatic N) is 1. The van der Waals surface area contributed by atoms with Crippen LogP contribution >= 0.6 is 23.1 Å². The number of fused-ring (bicyclic) bond motifs is 1. The first kappa shape index (κ1) is 16.2. The molecule has 120 valence electrons. The first-order valence-electron chi connectivity index (χ1n) is 6.90. The number of halogens is 1. The van der Waals surface area contributed by atoms with E-state index in [0.717, 1.165) is 15.9 Å². The van der Waals surface area contributed by atoms with Crippen LogP contribution in [0.1, 0.15) is 0 Å².